The van der Waals surface area contributed by atoms with Crippen molar-refractivity contribution in [1.82, 2.24) is 4.57 Å². The Kier molecular flexibility index (Phi) is 8.51. The number of carbonyl (C=O) groups excluding carboxylic acids is 4. The zero-order valence-electron chi connectivity index (χ0n) is 23.0. The van der Waals surface area contributed by atoms with Crippen molar-refractivity contribution in [2.45, 2.75) is 29.7 Å². The quantitative estimate of drug-likeness (QED) is 0.187. The first-order chi connectivity index (χ1) is 21.2. The van der Waals surface area contributed by atoms with Crippen LogP contribution < -0.4 is 15.1 Å². The van der Waals surface area contributed by atoms with Crippen LogP contribution in [0.25, 0.3) is 0 Å². The number of hydrogen-bond acceptors (Lipinski definition) is 8. The largest absolute Gasteiger partial charge is 0.462 e. The minimum absolute atomic E-state index is 0.248. The van der Waals surface area contributed by atoms with Crippen LogP contribution in [0.3, 0.4) is 0 Å². The second-order valence-electron chi connectivity index (χ2n) is 10.1. The molecule has 4 aromatic rings. The molecule has 1 aromatic heterocycles. The van der Waals surface area contributed by atoms with Gasteiger partial charge in [0.25, 0.3) is 0 Å². The molecule has 9 nitrogen and oxygen atoms in total. The van der Waals surface area contributed by atoms with E-state index in [0.717, 1.165) is 33.1 Å². The predicted molar refractivity (Wildman–Crippen MR) is 173 cm³/mol. The number of amides is 3. The molecule has 3 atom stereocenters. The molecule has 1 fully saturated rings. The molecule has 2 aliphatic rings. The Morgan fingerprint density at radius 3 is 2.41 bits per heavy atom. The third kappa shape index (κ3) is 5.63. The van der Waals surface area contributed by atoms with E-state index >= 15 is 0 Å². The number of rotatable bonds is 7. The Morgan fingerprint density at radius 1 is 1.00 bits per heavy atom. The molecule has 3 unspecified atom stereocenters. The van der Waals surface area contributed by atoms with Crippen LogP contribution in [0, 0.1) is 5.92 Å². The Hall–Kier alpha value is -3.71. The highest BCUT2D eigenvalue weighted by Gasteiger charge is 2.56. The summed E-state index contributed by atoms with van der Waals surface area (Å²) >= 11 is 11.7. The van der Waals surface area contributed by atoms with Crippen LogP contribution in [0.1, 0.15) is 33.6 Å². The van der Waals surface area contributed by atoms with Crippen LogP contribution in [0.5, 0.6) is 0 Å². The van der Waals surface area contributed by atoms with E-state index in [9.17, 15) is 24.0 Å². The Morgan fingerprint density at radius 2 is 1.73 bits per heavy atom. The highest BCUT2D eigenvalue weighted by Crippen LogP contribution is 2.54. The lowest BCUT2D eigenvalue weighted by atomic mass is 9.83. The minimum Gasteiger partial charge on any atom is -0.462 e. The number of benzene rings is 3. The van der Waals surface area contributed by atoms with Gasteiger partial charge < -0.3 is 10.1 Å². The third-order valence-electron chi connectivity index (χ3n) is 7.32. The Bertz CT molecular complexity index is 1860. The molecule has 1 N–H and O–H groups in total. The number of halogens is 2. The number of thiazole rings is 1. The molecule has 0 radical (unpaired) electrons. The fourth-order valence-corrected chi connectivity index (χ4v) is 8.72. The lowest BCUT2D eigenvalue weighted by molar-refractivity contribution is -0.122. The molecule has 1 saturated heterocycles. The fourth-order valence-electron chi connectivity index (χ4n) is 5.41. The predicted octanol–water partition coefficient (Wildman–Crippen LogP) is 5.94. The lowest BCUT2D eigenvalue weighted by Gasteiger charge is -2.30. The molecule has 2 aliphatic heterocycles. The van der Waals surface area contributed by atoms with Crippen molar-refractivity contribution in [3.63, 3.8) is 0 Å². The first kappa shape index (κ1) is 30.3. The summed E-state index contributed by atoms with van der Waals surface area (Å²) in [5.41, 5.74) is 1.98. The van der Waals surface area contributed by atoms with Gasteiger partial charge in [-0.25, -0.2) is 9.69 Å². The molecule has 0 spiro atoms. The van der Waals surface area contributed by atoms with Crippen molar-refractivity contribution in [1.29, 1.82) is 0 Å². The van der Waals surface area contributed by atoms with Crippen molar-refractivity contribution in [3.8, 4) is 0 Å². The van der Waals surface area contributed by atoms with E-state index in [1.165, 1.54) is 9.47 Å². The van der Waals surface area contributed by atoms with Gasteiger partial charge in [-0.3, -0.25) is 23.7 Å². The van der Waals surface area contributed by atoms with Crippen LogP contribution in [-0.2, 0) is 25.7 Å². The van der Waals surface area contributed by atoms with E-state index in [1.807, 2.05) is 24.3 Å². The number of anilines is 2. The number of imide groups is 1. The molecule has 3 aromatic carbocycles. The second kappa shape index (κ2) is 12.4. The molecule has 0 bridgehead atoms. The Labute approximate surface area is 273 Å². The molecule has 0 saturated carbocycles. The number of hydrogen-bond donors (Lipinski definition) is 1. The van der Waals surface area contributed by atoms with Gasteiger partial charge in [-0.2, -0.15) is 0 Å². The van der Waals surface area contributed by atoms with Crippen LogP contribution in [-0.4, -0.2) is 40.1 Å². The van der Waals surface area contributed by atoms with Crippen LogP contribution in [0.15, 0.2) is 87.1 Å². The van der Waals surface area contributed by atoms with Gasteiger partial charge in [0.05, 0.1) is 28.8 Å². The maximum Gasteiger partial charge on any atom is 0.338 e. The molecular weight excluding hydrogens is 690 g/mol. The van der Waals surface area contributed by atoms with Crippen molar-refractivity contribution in [2.24, 2.45) is 5.92 Å². The summed E-state index contributed by atoms with van der Waals surface area (Å²) < 4.78 is 7.14. The summed E-state index contributed by atoms with van der Waals surface area (Å²) in [6.45, 7) is 1.66. The Balaban J connectivity index is 1.33. The number of esters is 1. The number of aromatic nitrogens is 1. The highest BCUT2D eigenvalue weighted by atomic mass is 79.9. The normalized spacial score (nSPS) is 19.0. The first-order valence-corrected chi connectivity index (χ1v) is 16.4. The highest BCUT2D eigenvalue weighted by molar-refractivity contribution is 9.10. The summed E-state index contributed by atoms with van der Waals surface area (Å²) in [5.74, 6) is -3.03. The van der Waals surface area contributed by atoms with E-state index < -0.39 is 34.9 Å². The smallest absolute Gasteiger partial charge is 0.338 e. The fraction of sp³-hybridized carbons (Fsp3) is 0.194. The van der Waals surface area contributed by atoms with Crippen molar-refractivity contribution >= 4 is 85.7 Å². The van der Waals surface area contributed by atoms with Crippen LogP contribution in [0.2, 0.25) is 5.02 Å². The van der Waals surface area contributed by atoms with Crippen LogP contribution >= 0.6 is 50.6 Å². The van der Waals surface area contributed by atoms with Gasteiger partial charge in [0.15, 0.2) is 0 Å². The molecule has 0 aliphatic carbocycles. The summed E-state index contributed by atoms with van der Waals surface area (Å²) in [6.07, 6.45) is 0. The number of thioether (sulfide) groups is 1. The van der Waals surface area contributed by atoms with Gasteiger partial charge in [-0.05, 0) is 73.2 Å². The van der Waals surface area contributed by atoms with Gasteiger partial charge in [0.2, 0.25) is 17.7 Å². The van der Waals surface area contributed by atoms with Gasteiger partial charge >= 0.3 is 10.8 Å². The summed E-state index contributed by atoms with van der Waals surface area (Å²) in [4.78, 5) is 67.7. The van der Waals surface area contributed by atoms with Gasteiger partial charge in [-0.1, -0.05) is 62.8 Å². The average Bonchev–Trinajstić information content (AvgIpc) is 3.44. The summed E-state index contributed by atoms with van der Waals surface area (Å²) in [6, 6.07) is 20.2. The summed E-state index contributed by atoms with van der Waals surface area (Å²) in [5, 5.41) is 2.91. The van der Waals surface area contributed by atoms with Gasteiger partial charge in [0.1, 0.15) is 11.8 Å². The molecule has 6 rings (SSSR count). The third-order valence-corrected chi connectivity index (χ3v) is 10.7. The maximum atomic E-state index is 14.0. The van der Waals surface area contributed by atoms with Gasteiger partial charge in [-0.15, -0.1) is 0 Å². The first-order valence-electron chi connectivity index (χ1n) is 13.5. The van der Waals surface area contributed by atoms with Crippen molar-refractivity contribution in [2.75, 3.05) is 16.8 Å². The van der Waals surface area contributed by atoms with E-state index in [1.54, 1.807) is 55.5 Å². The van der Waals surface area contributed by atoms with E-state index in [4.69, 9.17) is 16.3 Å². The number of ether oxygens (including phenoxy) is 1. The second-order valence-corrected chi connectivity index (χ2v) is 13.5. The summed E-state index contributed by atoms with van der Waals surface area (Å²) in [7, 11) is 0. The maximum absolute atomic E-state index is 14.0. The molecule has 3 amide bonds. The number of carbonyl (C=O) groups is 4. The molecular formula is C31H23BrClN3O6S2. The molecule has 3 heterocycles. The molecule has 13 heteroatoms. The van der Waals surface area contributed by atoms with Crippen LogP contribution in [0.4, 0.5) is 11.4 Å². The number of nitrogens with one attached hydrogen (secondary N) is 1. The number of nitrogens with zero attached hydrogens (tertiary/aromatic N) is 2. The SMILES string of the molecule is CCOC(=O)c1ccc(NC(=O)Cn2c3c(sc2=O)C(c2cccc(Br)c2)C2C(=O)N(c4ccc(Cl)cc4)C(=O)C2S3)cc1. The average molecular weight is 713 g/mol. The van der Waals surface area contributed by atoms with Gasteiger partial charge in [0, 0.05) is 26.0 Å². The van der Waals surface area contributed by atoms with E-state index in [-0.39, 0.29) is 23.9 Å². The number of fused-ring (bicyclic) bond motifs is 2. The van der Waals surface area contributed by atoms with E-state index in [2.05, 4.69) is 21.2 Å². The molecule has 224 valence electrons. The zero-order valence-corrected chi connectivity index (χ0v) is 27.0. The molecule has 44 heavy (non-hydrogen) atoms. The lowest BCUT2D eigenvalue weighted by Crippen LogP contribution is -2.33. The topological polar surface area (TPSA) is 115 Å². The van der Waals surface area contributed by atoms with Crippen molar-refractivity contribution in [3.05, 3.63) is 108 Å². The minimum atomic E-state index is -0.812. The monoisotopic (exact) mass is 711 g/mol. The van der Waals surface area contributed by atoms with Crippen molar-refractivity contribution < 1.29 is 23.9 Å². The van der Waals surface area contributed by atoms with E-state index in [0.29, 0.717) is 31.9 Å². The standard InChI is InChI=1S/C31H23BrClN3O6S2/c1-2-42-30(40)16-6-10-20(11-7-16)34-22(37)15-35-29-26(44-31(35)41)23(17-4-3-5-18(32)14-17)24-25(43-29)28(39)36(27(24)38)21-12-8-19(33)9-13-21/h3-14,23-25H,2,15H2,1H3,(H,34,37). The zero-order chi connectivity index (χ0) is 31.1.